The Kier molecular flexibility index (Phi) is 14.9. The van der Waals surface area contributed by atoms with Gasteiger partial charge >= 0.3 is 5.97 Å². The molecule has 4 nitrogen and oxygen atoms in total. The third kappa shape index (κ3) is 14.2. The van der Waals surface area contributed by atoms with Gasteiger partial charge in [-0.25, -0.2) is 0 Å². The lowest BCUT2D eigenvalue weighted by Gasteiger charge is -2.02. The van der Waals surface area contributed by atoms with Crippen LogP contribution in [0.2, 0.25) is 0 Å². The number of carbonyl (C=O) groups excluding carboxylic acids is 3. The summed E-state index contributed by atoms with van der Waals surface area (Å²) < 4.78 is 4.57. The quantitative estimate of drug-likeness (QED) is 0.233. The van der Waals surface area contributed by atoms with Crippen molar-refractivity contribution in [3.05, 3.63) is 0 Å². The predicted molar refractivity (Wildman–Crippen MR) is 92.3 cm³/mol. The van der Waals surface area contributed by atoms with Gasteiger partial charge in [0.1, 0.15) is 0 Å². The third-order valence-electron chi connectivity index (χ3n) is 4.08. The largest absolute Gasteiger partial charge is 0.469 e. The summed E-state index contributed by atoms with van der Waals surface area (Å²) in [7, 11) is 1.40. The van der Waals surface area contributed by atoms with Crippen molar-refractivity contribution in [2.45, 2.75) is 96.8 Å². The highest BCUT2D eigenvalue weighted by molar-refractivity contribution is 6.37. The summed E-state index contributed by atoms with van der Waals surface area (Å²) in [5, 5.41) is 0. The van der Waals surface area contributed by atoms with Crippen LogP contribution in [0.1, 0.15) is 96.8 Å². The van der Waals surface area contributed by atoms with Gasteiger partial charge in [0.05, 0.1) is 7.11 Å². The normalized spacial score (nSPS) is 10.5. The minimum Gasteiger partial charge on any atom is -0.469 e. The molecule has 0 saturated heterocycles. The Morgan fingerprint density at radius 2 is 1.00 bits per heavy atom. The molecule has 0 aromatic rings. The maximum absolute atomic E-state index is 11.7. The van der Waals surface area contributed by atoms with Gasteiger partial charge in [-0.05, 0) is 19.3 Å². The van der Waals surface area contributed by atoms with Gasteiger partial charge < -0.3 is 4.74 Å². The molecule has 23 heavy (non-hydrogen) atoms. The second kappa shape index (κ2) is 15.7. The Hall–Kier alpha value is -1.19. The molecular weight excluding hydrogens is 292 g/mol. The maximum atomic E-state index is 11.7. The molecule has 0 aliphatic carbocycles. The van der Waals surface area contributed by atoms with Crippen LogP contribution in [0.5, 0.6) is 0 Å². The number of rotatable bonds is 16. The third-order valence-corrected chi connectivity index (χ3v) is 4.08. The standard InChI is InChI=1S/C19H34O4/c1-3-4-5-6-8-11-14-17(20)18(21)15-12-9-7-10-13-16-19(22)23-2/h3-16H2,1-2H3. The van der Waals surface area contributed by atoms with Crippen LogP contribution in [0.3, 0.4) is 0 Å². The van der Waals surface area contributed by atoms with Crippen molar-refractivity contribution < 1.29 is 19.1 Å². The van der Waals surface area contributed by atoms with E-state index in [0.29, 0.717) is 19.3 Å². The molecule has 0 spiro atoms. The molecule has 0 heterocycles. The van der Waals surface area contributed by atoms with Gasteiger partial charge in [0.25, 0.3) is 0 Å². The topological polar surface area (TPSA) is 60.4 Å². The summed E-state index contributed by atoms with van der Waals surface area (Å²) in [5.41, 5.74) is 0. The summed E-state index contributed by atoms with van der Waals surface area (Å²) in [6.45, 7) is 2.18. The fourth-order valence-electron chi connectivity index (χ4n) is 2.53. The summed E-state index contributed by atoms with van der Waals surface area (Å²) in [5.74, 6) is -0.556. The number of Topliss-reactive ketones (excluding diaryl/α,β-unsaturated/α-hetero) is 2. The first-order valence-electron chi connectivity index (χ1n) is 9.24. The van der Waals surface area contributed by atoms with Gasteiger partial charge in [-0.1, -0.05) is 58.3 Å². The average Bonchev–Trinajstić information content (AvgIpc) is 2.56. The molecule has 4 heteroatoms. The van der Waals surface area contributed by atoms with E-state index >= 15 is 0 Å². The van der Waals surface area contributed by atoms with Gasteiger partial charge in [-0.2, -0.15) is 0 Å². The number of methoxy groups -OCH3 is 1. The first kappa shape index (κ1) is 21.8. The van der Waals surface area contributed by atoms with E-state index in [1.54, 1.807) is 0 Å². The molecule has 0 bridgehead atoms. The van der Waals surface area contributed by atoms with E-state index in [9.17, 15) is 14.4 Å². The number of ether oxygens (including phenoxy) is 1. The van der Waals surface area contributed by atoms with E-state index in [1.165, 1.54) is 32.8 Å². The van der Waals surface area contributed by atoms with Gasteiger partial charge in [0.2, 0.25) is 0 Å². The number of hydrogen-bond acceptors (Lipinski definition) is 4. The molecule has 0 fully saturated rings. The Morgan fingerprint density at radius 3 is 1.43 bits per heavy atom. The zero-order valence-electron chi connectivity index (χ0n) is 15.0. The van der Waals surface area contributed by atoms with Crippen molar-refractivity contribution >= 4 is 17.5 Å². The molecule has 0 saturated carbocycles. The lowest BCUT2D eigenvalue weighted by Crippen LogP contribution is -2.13. The molecule has 0 aliphatic rings. The van der Waals surface area contributed by atoms with Crippen LogP contribution in [0.15, 0.2) is 0 Å². The van der Waals surface area contributed by atoms with Crippen molar-refractivity contribution in [2.24, 2.45) is 0 Å². The predicted octanol–water partition coefficient (Wildman–Crippen LogP) is 4.78. The summed E-state index contributed by atoms with van der Waals surface area (Å²) >= 11 is 0. The van der Waals surface area contributed by atoms with Crippen LogP contribution in [0.25, 0.3) is 0 Å². The van der Waals surface area contributed by atoms with Crippen LogP contribution in [-0.4, -0.2) is 24.6 Å². The fourth-order valence-corrected chi connectivity index (χ4v) is 2.53. The van der Waals surface area contributed by atoms with E-state index in [4.69, 9.17) is 0 Å². The first-order chi connectivity index (χ1) is 11.1. The fraction of sp³-hybridized carbons (Fsp3) is 0.842. The van der Waals surface area contributed by atoms with E-state index in [-0.39, 0.29) is 17.5 Å². The second-order valence-electron chi connectivity index (χ2n) is 6.21. The molecule has 0 unspecified atom stereocenters. The summed E-state index contributed by atoms with van der Waals surface area (Å²) in [4.78, 5) is 34.3. The Labute approximate surface area is 141 Å². The summed E-state index contributed by atoms with van der Waals surface area (Å²) in [6, 6.07) is 0. The van der Waals surface area contributed by atoms with E-state index < -0.39 is 0 Å². The minimum absolute atomic E-state index is 0.166. The van der Waals surface area contributed by atoms with Crippen LogP contribution < -0.4 is 0 Å². The van der Waals surface area contributed by atoms with Crippen molar-refractivity contribution in [1.82, 2.24) is 0 Å². The SMILES string of the molecule is CCCCCCCCC(=O)C(=O)CCCCCCCC(=O)OC. The highest BCUT2D eigenvalue weighted by atomic mass is 16.5. The van der Waals surface area contributed by atoms with Crippen LogP contribution in [0.4, 0.5) is 0 Å². The van der Waals surface area contributed by atoms with Crippen molar-refractivity contribution in [3.63, 3.8) is 0 Å². The number of unbranched alkanes of at least 4 members (excludes halogenated alkanes) is 9. The second-order valence-corrected chi connectivity index (χ2v) is 6.21. The average molecular weight is 326 g/mol. The molecule has 0 aromatic carbocycles. The zero-order chi connectivity index (χ0) is 17.3. The smallest absolute Gasteiger partial charge is 0.305 e. The first-order valence-corrected chi connectivity index (χ1v) is 9.24. The lowest BCUT2D eigenvalue weighted by molar-refractivity contribution is -0.140. The number of esters is 1. The van der Waals surface area contributed by atoms with Crippen molar-refractivity contribution in [1.29, 1.82) is 0 Å². The molecule has 0 atom stereocenters. The molecule has 0 aliphatic heterocycles. The highest BCUT2D eigenvalue weighted by Crippen LogP contribution is 2.10. The van der Waals surface area contributed by atoms with Crippen LogP contribution in [-0.2, 0) is 19.1 Å². The Morgan fingerprint density at radius 1 is 0.609 bits per heavy atom. The molecule has 0 radical (unpaired) electrons. The number of carbonyl (C=O) groups is 3. The van der Waals surface area contributed by atoms with Gasteiger partial charge in [0, 0.05) is 19.3 Å². The Balaban J connectivity index is 3.44. The van der Waals surface area contributed by atoms with Gasteiger partial charge in [0.15, 0.2) is 11.6 Å². The summed E-state index contributed by atoms with van der Waals surface area (Å²) in [6.07, 6.45) is 12.6. The molecule has 0 amide bonds. The van der Waals surface area contributed by atoms with Gasteiger partial charge in [-0.3, -0.25) is 14.4 Å². The van der Waals surface area contributed by atoms with Crippen LogP contribution >= 0.6 is 0 Å². The van der Waals surface area contributed by atoms with Crippen molar-refractivity contribution in [2.75, 3.05) is 7.11 Å². The minimum atomic E-state index is -0.201. The lowest BCUT2D eigenvalue weighted by atomic mass is 10.0. The molecule has 0 rings (SSSR count). The Bertz CT molecular complexity index is 336. The molecule has 0 aromatic heterocycles. The number of hydrogen-bond donors (Lipinski definition) is 0. The monoisotopic (exact) mass is 326 g/mol. The van der Waals surface area contributed by atoms with Crippen LogP contribution in [0, 0.1) is 0 Å². The molecule has 134 valence electrons. The molecular formula is C19H34O4. The molecule has 0 N–H and O–H groups in total. The van der Waals surface area contributed by atoms with E-state index in [2.05, 4.69) is 11.7 Å². The zero-order valence-corrected chi connectivity index (χ0v) is 15.0. The highest BCUT2D eigenvalue weighted by Gasteiger charge is 2.12. The van der Waals surface area contributed by atoms with Gasteiger partial charge in [-0.15, -0.1) is 0 Å². The number of ketones is 2. The van der Waals surface area contributed by atoms with E-state index in [1.807, 2.05) is 0 Å². The maximum Gasteiger partial charge on any atom is 0.305 e. The van der Waals surface area contributed by atoms with Crippen molar-refractivity contribution in [3.8, 4) is 0 Å². The van der Waals surface area contributed by atoms with E-state index in [0.717, 1.165) is 44.9 Å².